The monoisotopic (exact) mass is 507 g/mol. The number of nitrogens with zero attached hydrogens (tertiary/aromatic N) is 2. The molecule has 3 rings (SSSR count). The number of benzene rings is 3. The number of nitro benzene ring substituents is 1. The van der Waals surface area contributed by atoms with Gasteiger partial charge in [-0.15, -0.1) is 0 Å². The van der Waals surface area contributed by atoms with Gasteiger partial charge in [0, 0.05) is 12.1 Å². The van der Waals surface area contributed by atoms with Crippen LogP contribution in [0.4, 0.5) is 5.69 Å². The lowest BCUT2D eigenvalue weighted by Crippen LogP contribution is -2.24. The topological polar surface area (TPSA) is 139 Å². The molecule has 0 spiro atoms. The molecule has 3 aromatic carbocycles. The van der Waals surface area contributed by atoms with Crippen molar-refractivity contribution in [3.05, 3.63) is 88.0 Å². The molecule has 0 unspecified atom stereocenters. The zero-order chi connectivity index (χ0) is 26.6. The standard InChI is InChI=1S/C26H25N3O8/c1-3-34-21-10-6-19(7-11-21)26(31)37-23-14-5-18(15-24(23)35-4-2)16-27-28-25(30)17-36-22-12-8-20(9-13-22)29(32)33/h5-16H,3-4,17H2,1-2H3,(H,28,30). The van der Waals surface area contributed by atoms with E-state index in [0.29, 0.717) is 41.6 Å². The normalized spacial score (nSPS) is 10.5. The molecule has 0 saturated heterocycles. The smallest absolute Gasteiger partial charge is 0.343 e. The Labute approximate surface area is 212 Å². The van der Waals surface area contributed by atoms with Gasteiger partial charge in [-0.25, -0.2) is 10.2 Å². The summed E-state index contributed by atoms with van der Waals surface area (Å²) in [6.45, 7) is 4.20. The van der Waals surface area contributed by atoms with E-state index in [-0.39, 0.29) is 18.0 Å². The zero-order valence-corrected chi connectivity index (χ0v) is 20.2. The van der Waals surface area contributed by atoms with Crippen LogP contribution in [0.15, 0.2) is 71.8 Å². The zero-order valence-electron chi connectivity index (χ0n) is 20.2. The molecule has 0 atom stereocenters. The average molecular weight is 507 g/mol. The van der Waals surface area contributed by atoms with Gasteiger partial charge in [-0.3, -0.25) is 14.9 Å². The van der Waals surface area contributed by atoms with Crippen molar-refractivity contribution in [3.8, 4) is 23.0 Å². The van der Waals surface area contributed by atoms with Crippen molar-refractivity contribution in [3.63, 3.8) is 0 Å². The van der Waals surface area contributed by atoms with Crippen LogP contribution in [0.25, 0.3) is 0 Å². The molecule has 1 amide bonds. The van der Waals surface area contributed by atoms with E-state index in [1.54, 1.807) is 49.4 Å². The molecule has 0 radical (unpaired) electrons. The lowest BCUT2D eigenvalue weighted by atomic mass is 10.2. The van der Waals surface area contributed by atoms with Gasteiger partial charge in [-0.1, -0.05) is 0 Å². The number of hydrazone groups is 1. The highest BCUT2D eigenvalue weighted by molar-refractivity contribution is 5.92. The van der Waals surface area contributed by atoms with Crippen LogP contribution < -0.4 is 24.4 Å². The molecule has 0 heterocycles. The molecule has 192 valence electrons. The summed E-state index contributed by atoms with van der Waals surface area (Å²) in [6, 6.07) is 16.8. The van der Waals surface area contributed by atoms with Gasteiger partial charge in [-0.05, 0) is 74.0 Å². The van der Waals surface area contributed by atoms with E-state index in [2.05, 4.69) is 10.5 Å². The number of hydrogen-bond acceptors (Lipinski definition) is 9. The first-order valence-corrected chi connectivity index (χ1v) is 11.3. The maximum absolute atomic E-state index is 12.5. The Bertz CT molecular complexity index is 1260. The number of nitrogens with one attached hydrogen (secondary N) is 1. The van der Waals surface area contributed by atoms with E-state index in [9.17, 15) is 19.7 Å². The van der Waals surface area contributed by atoms with E-state index in [1.807, 2.05) is 6.92 Å². The fourth-order valence-corrected chi connectivity index (χ4v) is 2.99. The molecule has 3 aromatic rings. The van der Waals surface area contributed by atoms with E-state index >= 15 is 0 Å². The highest BCUT2D eigenvalue weighted by Gasteiger charge is 2.14. The number of hydrogen-bond donors (Lipinski definition) is 1. The molecule has 0 aromatic heterocycles. The molecule has 0 aliphatic rings. The number of amides is 1. The lowest BCUT2D eigenvalue weighted by Gasteiger charge is -2.11. The first-order valence-electron chi connectivity index (χ1n) is 11.3. The largest absolute Gasteiger partial charge is 0.494 e. The van der Waals surface area contributed by atoms with E-state index < -0.39 is 16.8 Å². The van der Waals surface area contributed by atoms with Crippen LogP contribution in [0.1, 0.15) is 29.8 Å². The molecule has 0 bridgehead atoms. The summed E-state index contributed by atoms with van der Waals surface area (Å²) in [6.07, 6.45) is 1.39. The molecule has 0 fully saturated rings. The summed E-state index contributed by atoms with van der Waals surface area (Å²) in [5.41, 5.74) is 3.19. The van der Waals surface area contributed by atoms with Gasteiger partial charge < -0.3 is 18.9 Å². The van der Waals surface area contributed by atoms with Crippen molar-refractivity contribution in [2.75, 3.05) is 19.8 Å². The highest BCUT2D eigenvalue weighted by atomic mass is 16.6. The van der Waals surface area contributed by atoms with Crippen LogP contribution >= 0.6 is 0 Å². The molecule has 0 saturated carbocycles. The molecular weight excluding hydrogens is 482 g/mol. The van der Waals surface area contributed by atoms with Crippen LogP contribution in [0.5, 0.6) is 23.0 Å². The molecule has 37 heavy (non-hydrogen) atoms. The quantitative estimate of drug-likeness (QED) is 0.127. The van der Waals surface area contributed by atoms with E-state index in [0.717, 1.165) is 0 Å². The first-order chi connectivity index (χ1) is 17.9. The van der Waals surface area contributed by atoms with E-state index in [4.69, 9.17) is 18.9 Å². The predicted octanol–water partition coefficient (Wildman–Crippen LogP) is 4.14. The third-order valence-corrected chi connectivity index (χ3v) is 4.69. The van der Waals surface area contributed by atoms with Gasteiger partial charge in [0.15, 0.2) is 18.1 Å². The van der Waals surface area contributed by atoms with Crippen LogP contribution in [0.2, 0.25) is 0 Å². The Morgan fingerprint density at radius 3 is 2.19 bits per heavy atom. The van der Waals surface area contributed by atoms with Gasteiger partial charge in [-0.2, -0.15) is 5.10 Å². The molecule has 0 aliphatic heterocycles. The Morgan fingerprint density at radius 2 is 1.54 bits per heavy atom. The second-order valence-corrected chi connectivity index (χ2v) is 7.32. The van der Waals surface area contributed by atoms with Crippen LogP contribution in [-0.4, -0.2) is 42.8 Å². The van der Waals surface area contributed by atoms with Crippen molar-refractivity contribution in [2.24, 2.45) is 5.10 Å². The second kappa shape index (κ2) is 13.2. The van der Waals surface area contributed by atoms with Crippen molar-refractivity contribution in [1.29, 1.82) is 0 Å². The Hall–Kier alpha value is -4.93. The molecule has 11 nitrogen and oxygen atoms in total. The van der Waals surface area contributed by atoms with Crippen molar-refractivity contribution < 1.29 is 33.5 Å². The predicted molar refractivity (Wildman–Crippen MR) is 135 cm³/mol. The summed E-state index contributed by atoms with van der Waals surface area (Å²) in [5.74, 6) is 0.451. The first kappa shape index (κ1) is 26.7. The number of carbonyl (C=O) groups is 2. The molecule has 11 heteroatoms. The highest BCUT2D eigenvalue weighted by Crippen LogP contribution is 2.29. The van der Waals surface area contributed by atoms with Gasteiger partial charge in [0.25, 0.3) is 11.6 Å². The van der Waals surface area contributed by atoms with E-state index in [1.165, 1.54) is 30.5 Å². The summed E-state index contributed by atoms with van der Waals surface area (Å²) in [7, 11) is 0. The van der Waals surface area contributed by atoms with Crippen LogP contribution in [0.3, 0.4) is 0 Å². The average Bonchev–Trinajstić information content (AvgIpc) is 2.90. The molecule has 1 N–H and O–H groups in total. The second-order valence-electron chi connectivity index (χ2n) is 7.32. The van der Waals surface area contributed by atoms with Gasteiger partial charge in [0.1, 0.15) is 11.5 Å². The minimum atomic E-state index is -0.550. The third kappa shape index (κ3) is 8.06. The molecule has 0 aliphatic carbocycles. The van der Waals surface area contributed by atoms with Crippen LogP contribution in [0, 0.1) is 10.1 Å². The Balaban J connectivity index is 1.56. The minimum absolute atomic E-state index is 0.0789. The maximum Gasteiger partial charge on any atom is 0.343 e. The van der Waals surface area contributed by atoms with Gasteiger partial charge in [0.2, 0.25) is 0 Å². The number of nitro groups is 1. The Kier molecular flexibility index (Phi) is 9.54. The van der Waals surface area contributed by atoms with Crippen molar-refractivity contribution >= 4 is 23.8 Å². The summed E-state index contributed by atoms with van der Waals surface area (Å²) < 4.78 is 21.8. The minimum Gasteiger partial charge on any atom is -0.494 e. The lowest BCUT2D eigenvalue weighted by molar-refractivity contribution is -0.384. The number of carbonyl (C=O) groups excluding carboxylic acids is 2. The van der Waals surface area contributed by atoms with Crippen LogP contribution in [-0.2, 0) is 4.79 Å². The molecular formula is C26H25N3O8. The fourth-order valence-electron chi connectivity index (χ4n) is 2.99. The number of esters is 1. The van der Waals surface area contributed by atoms with Gasteiger partial charge >= 0.3 is 5.97 Å². The number of non-ortho nitro benzene ring substituents is 1. The Morgan fingerprint density at radius 1 is 0.892 bits per heavy atom. The number of ether oxygens (including phenoxy) is 4. The SMILES string of the molecule is CCOc1ccc(C(=O)Oc2ccc(C=NNC(=O)COc3ccc([N+](=O)[O-])cc3)cc2OCC)cc1. The van der Waals surface area contributed by atoms with Gasteiger partial charge in [0.05, 0.1) is 29.9 Å². The maximum atomic E-state index is 12.5. The summed E-state index contributed by atoms with van der Waals surface area (Å²) >= 11 is 0. The number of rotatable bonds is 12. The fraction of sp³-hybridized carbons (Fsp3) is 0.192. The third-order valence-electron chi connectivity index (χ3n) is 4.69. The summed E-state index contributed by atoms with van der Waals surface area (Å²) in [4.78, 5) is 34.7. The van der Waals surface area contributed by atoms with Crippen molar-refractivity contribution in [2.45, 2.75) is 13.8 Å². The summed E-state index contributed by atoms with van der Waals surface area (Å²) in [5, 5.41) is 14.6. The van der Waals surface area contributed by atoms with Crippen molar-refractivity contribution in [1.82, 2.24) is 5.43 Å².